The smallest absolute Gasteiger partial charge is 0.456 e. The standard InChI is InChI=1S/C72H135N2O7P/c1-7-10-13-16-19-22-25-28-30-32-34-35-36-37-38-39-41-42-44-46-49-52-55-58-61-64-71(75)73-69(68-80-82(77,78)79-67-66-74(4,5)6)70(63-60-57-54-51-48-27-24-21-18-15-12-9-3)81-72(76)65-62-59-56-53-50-47-45-43-40-33-31-29-26-23-20-17-14-11-8-2/h19,22,28-31,34-35,60,63,69-70H,7-18,20-21,23-27,32-33,36-59,61-62,64-68H2,1-6H3,(H-,73,75,77,78)/p+1/b22-19-,30-28-,31-29+,35-34-,63-60-. The number of hydrogen-bond donors (Lipinski definition) is 2. The largest absolute Gasteiger partial charge is 0.472 e. The maximum atomic E-state index is 13.6. The van der Waals surface area contributed by atoms with Crippen molar-refractivity contribution in [3.63, 3.8) is 0 Å². The number of carbonyl (C=O) groups is 2. The quantitative estimate of drug-likeness (QED) is 0.0205. The molecule has 0 saturated heterocycles. The summed E-state index contributed by atoms with van der Waals surface area (Å²) in [5.41, 5.74) is 0. The number of nitrogens with one attached hydrogen (secondary N) is 1. The minimum Gasteiger partial charge on any atom is -0.456 e. The van der Waals surface area contributed by atoms with E-state index in [1.165, 1.54) is 231 Å². The zero-order valence-electron chi connectivity index (χ0n) is 55.0. The van der Waals surface area contributed by atoms with E-state index in [9.17, 15) is 19.0 Å². The van der Waals surface area contributed by atoms with E-state index in [-0.39, 0.29) is 31.5 Å². The summed E-state index contributed by atoms with van der Waals surface area (Å²) in [4.78, 5) is 37.9. The Bertz CT molecular complexity index is 1590. The number of carbonyl (C=O) groups excluding carboxylic acids is 2. The van der Waals surface area contributed by atoms with Crippen molar-refractivity contribution in [1.29, 1.82) is 0 Å². The lowest BCUT2D eigenvalue weighted by molar-refractivity contribution is -0.870. The van der Waals surface area contributed by atoms with Crippen molar-refractivity contribution in [3.8, 4) is 0 Å². The van der Waals surface area contributed by atoms with Gasteiger partial charge in [-0.25, -0.2) is 4.57 Å². The van der Waals surface area contributed by atoms with E-state index in [1.807, 2.05) is 33.3 Å². The average molecular weight is 1170 g/mol. The number of allylic oxidation sites excluding steroid dienone is 9. The summed E-state index contributed by atoms with van der Waals surface area (Å²) in [6, 6.07) is -0.851. The van der Waals surface area contributed by atoms with Crippen LogP contribution in [0.5, 0.6) is 0 Å². The second-order valence-electron chi connectivity index (χ2n) is 25.0. The van der Waals surface area contributed by atoms with Gasteiger partial charge >= 0.3 is 13.8 Å². The molecule has 1 amide bonds. The minimum absolute atomic E-state index is 0.0396. The molecule has 2 N–H and O–H groups in total. The molecule has 10 heteroatoms. The fourth-order valence-electron chi connectivity index (χ4n) is 10.2. The number of phosphoric ester groups is 1. The highest BCUT2D eigenvalue weighted by molar-refractivity contribution is 7.47. The summed E-state index contributed by atoms with van der Waals surface area (Å²) in [5, 5.41) is 3.07. The molecule has 0 saturated carbocycles. The van der Waals surface area contributed by atoms with Crippen LogP contribution in [0.15, 0.2) is 60.8 Å². The number of esters is 1. The Labute approximate surface area is 509 Å². The van der Waals surface area contributed by atoms with Crippen molar-refractivity contribution in [2.24, 2.45) is 0 Å². The van der Waals surface area contributed by atoms with Gasteiger partial charge in [-0.15, -0.1) is 0 Å². The molecule has 0 bridgehead atoms. The average Bonchev–Trinajstić information content (AvgIpc) is 3.44. The molecule has 0 aliphatic heterocycles. The number of ether oxygens (including phenoxy) is 1. The molecule has 0 aliphatic carbocycles. The Morgan fingerprint density at radius 1 is 0.427 bits per heavy atom. The van der Waals surface area contributed by atoms with Crippen LogP contribution in [0.25, 0.3) is 0 Å². The summed E-state index contributed by atoms with van der Waals surface area (Å²) in [6.45, 7) is 7.02. The number of phosphoric acid groups is 1. The molecule has 0 aliphatic rings. The third kappa shape index (κ3) is 62.2. The number of hydrogen-bond acceptors (Lipinski definition) is 6. The fraction of sp³-hybridized carbons (Fsp3) is 0.833. The lowest BCUT2D eigenvalue weighted by Crippen LogP contribution is -2.47. The van der Waals surface area contributed by atoms with Gasteiger partial charge in [0.05, 0.1) is 33.8 Å². The van der Waals surface area contributed by atoms with E-state index < -0.39 is 20.0 Å². The summed E-state index contributed by atoms with van der Waals surface area (Å²) < 4.78 is 30.8. The molecule has 0 fully saturated rings. The molecule has 0 aromatic rings. The van der Waals surface area contributed by atoms with Gasteiger partial charge in [0, 0.05) is 12.8 Å². The van der Waals surface area contributed by atoms with E-state index in [0.29, 0.717) is 17.4 Å². The fourth-order valence-corrected chi connectivity index (χ4v) is 11.0. The maximum absolute atomic E-state index is 13.6. The van der Waals surface area contributed by atoms with Gasteiger partial charge in [-0.05, 0) is 96.0 Å². The third-order valence-electron chi connectivity index (χ3n) is 15.7. The van der Waals surface area contributed by atoms with Crippen LogP contribution in [0, 0.1) is 0 Å². The van der Waals surface area contributed by atoms with Gasteiger partial charge in [0.15, 0.2) is 0 Å². The lowest BCUT2D eigenvalue weighted by atomic mass is 10.0. The number of nitrogens with zero attached hydrogens (tertiary/aromatic N) is 1. The SMILES string of the molecule is CCCCC/C=C\C/C=C\C/C=C\CCCCCCCCCCCCCCC(=O)NC(COP(=O)(O)OCC[N+](C)(C)C)C(/C=C\CCCCCCCCCCCC)OC(=O)CCCCCCCCCCC/C=C/CCCCCCCC. The van der Waals surface area contributed by atoms with E-state index in [2.05, 4.69) is 74.7 Å². The number of quaternary nitrogens is 1. The first-order valence-corrected chi connectivity index (χ1v) is 36.6. The van der Waals surface area contributed by atoms with E-state index in [0.717, 1.165) is 70.6 Å². The summed E-state index contributed by atoms with van der Waals surface area (Å²) in [7, 11) is 1.50. The van der Waals surface area contributed by atoms with Crippen LogP contribution < -0.4 is 5.32 Å². The number of rotatable bonds is 64. The van der Waals surface area contributed by atoms with E-state index >= 15 is 0 Å². The molecule has 3 unspecified atom stereocenters. The monoisotopic (exact) mass is 1170 g/mol. The van der Waals surface area contributed by atoms with Gasteiger partial charge < -0.3 is 19.4 Å². The first kappa shape index (κ1) is 79.7. The second-order valence-corrected chi connectivity index (χ2v) is 26.5. The topological polar surface area (TPSA) is 111 Å². The maximum Gasteiger partial charge on any atom is 0.472 e. The van der Waals surface area contributed by atoms with Gasteiger partial charge in [-0.3, -0.25) is 18.6 Å². The van der Waals surface area contributed by atoms with Gasteiger partial charge in [-0.2, -0.15) is 0 Å². The predicted molar refractivity (Wildman–Crippen MR) is 355 cm³/mol. The van der Waals surface area contributed by atoms with Crippen LogP contribution in [0.3, 0.4) is 0 Å². The lowest BCUT2D eigenvalue weighted by Gasteiger charge is -2.27. The number of amides is 1. The Hall–Kier alpha value is -2.29. The highest BCUT2D eigenvalue weighted by Gasteiger charge is 2.30. The van der Waals surface area contributed by atoms with Gasteiger partial charge in [0.2, 0.25) is 5.91 Å². The first-order valence-electron chi connectivity index (χ1n) is 35.1. The Morgan fingerprint density at radius 3 is 1.15 bits per heavy atom. The van der Waals surface area contributed by atoms with Crippen molar-refractivity contribution in [2.45, 2.75) is 348 Å². The van der Waals surface area contributed by atoms with Crippen LogP contribution in [0.4, 0.5) is 0 Å². The highest BCUT2D eigenvalue weighted by Crippen LogP contribution is 2.43. The van der Waals surface area contributed by atoms with Crippen LogP contribution in [0.2, 0.25) is 0 Å². The molecule has 0 aromatic heterocycles. The zero-order chi connectivity index (χ0) is 60.0. The molecule has 0 heterocycles. The van der Waals surface area contributed by atoms with Crippen LogP contribution in [0.1, 0.15) is 335 Å². The van der Waals surface area contributed by atoms with Crippen molar-refractivity contribution < 1.29 is 37.3 Å². The molecule has 3 atom stereocenters. The molecular weight excluding hydrogens is 1040 g/mol. The molecule has 9 nitrogen and oxygen atoms in total. The first-order chi connectivity index (χ1) is 39.9. The van der Waals surface area contributed by atoms with Gasteiger partial charge in [0.1, 0.15) is 19.3 Å². The normalized spacial score (nSPS) is 13.9. The Balaban J connectivity index is 5.07. The molecule has 82 heavy (non-hydrogen) atoms. The van der Waals surface area contributed by atoms with Crippen molar-refractivity contribution in [2.75, 3.05) is 40.9 Å². The Kier molecular flexibility index (Phi) is 60.1. The summed E-state index contributed by atoms with van der Waals surface area (Å²) >= 11 is 0. The molecule has 0 spiro atoms. The van der Waals surface area contributed by atoms with Crippen LogP contribution in [-0.2, 0) is 27.9 Å². The van der Waals surface area contributed by atoms with Crippen molar-refractivity contribution in [3.05, 3.63) is 60.8 Å². The van der Waals surface area contributed by atoms with Crippen LogP contribution >= 0.6 is 7.82 Å². The van der Waals surface area contributed by atoms with Crippen molar-refractivity contribution in [1.82, 2.24) is 5.32 Å². The summed E-state index contributed by atoms with van der Waals surface area (Å²) in [5.74, 6) is -0.498. The van der Waals surface area contributed by atoms with Gasteiger partial charge in [0.25, 0.3) is 0 Å². The second kappa shape index (κ2) is 61.8. The predicted octanol–water partition coefficient (Wildman–Crippen LogP) is 22.2. The van der Waals surface area contributed by atoms with E-state index in [4.69, 9.17) is 13.8 Å². The van der Waals surface area contributed by atoms with Gasteiger partial charge in [-0.1, -0.05) is 287 Å². The van der Waals surface area contributed by atoms with Crippen LogP contribution in [-0.4, -0.2) is 74.3 Å². The summed E-state index contributed by atoms with van der Waals surface area (Å²) in [6.07, 6.45) is 79.4. The van der Waals surface area contributed by atoms with Crippen molar-refractivity contribution >= 4 is 19.7 Å². The molecule has 0 aromatic carbocycles. The highest BCUT2D eigenvalue weighted by atomic mass is 31.2. The number of unbranched alkanes of at least 4 members (excludes halogenated alkanes) is 40. The van der Waals surface area contributed by atoms with E-state index in [1.54, 1.807) is 0 Å². The minimum atomic E-state index is -4.45. The third-order valence-corrected chi connectivity index (χ3v) is 16.7. The zero-order valence-corrected chi connectivity index (χ0v) is 55.9. The Morgan fingerprint density at radius 2 is 0.744 bits per heavy atom. The molecule has 0 radical (unpaired) electrons. The molecular formula is C72H136N2O7P+. The molecule has 0 rings (SSSR count). The number of likely N-dealkylation sites (N-methyl/N-ethyl adjacent to an activating group) is 1. The molecule has 480 valence electrons.